The van der Waals surface area contributed by atoms with Crippen LogP contribution in [0, 0.1) is 6.92 Å². The predicted octanol–water partition coefficient (Wildman–Crippen LogP) is 4.58. The van der Waals surface area contributed by atoms with E-state index in [9.17, 15) is 9.59 Å². The number of carbonyl (C=O) groups is 1. The minimum absolute atomic E-state index is 0.0101. The molecule has 1 amide bonds. The van der Waals surface area contributed by atoms with Gasteiger partial charge in [-0.1, -0.05) is 60.5 Å². The van der Waals surface area contributed by atoms with Crippen LogP contribution in [-0.2, 0) is 4.79 Å². The lowest BCUT2D eigenvalue weighted by Gasteiger charge is -2.15. The van der Waals surface area contributed by atoms with Gasteiger partial charge >= 0.3 is 6.01 Å². The van der Waals surface area contributed by atoms with Crippen molar-refractivity contribution in [1.29, 1.82) is 0 Å². The van der Waals surface area contributed by atoms with E-state index in [0.717, 1.165) is 17.3 Å². The monoisotopic (exact) mass is 469 g/mol. The number of nitrogens with one attached hydrogen (secondary N) is 1. The average molecular weight is 470 g/mol. The zero-order chi connectivity index (χ0) is 22.8. The van der Waals surface area contributed by atoms with Crippen LogP contribution in [0.1, 0.15) is 31.2 Å². The SMILES string of the molecule is Cc1ccccc1-n1c(SCC(=O)Nc2nnc(C(C)C)o2)nc2cc(Cl)ccc2c1=O. The van der Waals surface area contributed by atoms with Crippen LogP contribution >= 0.6 is 23.4 Å². The minimum atomic E-state index is -0.356. The number of rotatable bonds is 6. The van der Waals surface area contributed by atoms with Crippen molar-refractivity contribution in [3.63, 3.8) is 0 Å². The van der Waals surface area contributed by atoms with Crippen LogP contribution in [0.3, 0.4) is 0 Å². The van der Waals surface area contributed by atoms with Gasteiger partial charge in [0.2, 0.25) is 11.8 Å². The number of amides is 1. The van der Waals surface area contributed by atoms with Crippen molar-refractivity contribution in [2.24, 2.45) is 0 Å². The Hall–Kier alpha value is -3.17. The van der Waals surface area contributed by atoms with E-state index in [1.165, 1.54) is 4.57 Å². The maximum Gasteiger partial charge on any atom is 0.322 e. The number of aromatic nitrogens is 4. The molecule has 0 saturated heterocycles. The Kier molecular flexibility index (Phi) is 6.29. The van der Waals surface area contributed by atoms with Crippen molar-refractivity contribution < 1.29 is 9.21 Å². The fraction of sp³-hybridized carbons (Fsp3) is 0.227. The number of hydrogen-bond acceptors (Lipinski definition) is 7. The third-order valence-corrected chi connectivity index (χ3v) is 5.84. The Morgan fingerprint density at radius 1 is 1.22 bits per heavy atom. The smallest absolute Gasteiger partial charge is 0.322 e. The molecule has 10 heteroatoms. The second-order valence-corrected chi connectivity index (χ2v) is 8.80. The summed E-state index contributed by atoms with van der Waals surface area (Å²) in [7, 11) is 0. The Morgan fingerprint density at radius 3 is 2.72 bits per heavy atom. The van der Waals surface area contributed by atoms with E-state index in [1.807, 2.05) is 45.0 Å². The average Bonchev–Trinajstić information content (AvgIpc) is 3.22. The molecule has 0 spiro atoms. The van der Waals surface area contributed by atoms with Crippen LogP contribution in [0.25, 0.3) is 16.6 Å². The summed E-state index contributed by atoms with van der Waals surface area (Å²) in [6.07, 6.45) is 0. The van der Waals surface area contributed by atoms with Gasteiger partial charge in [0.05, 0.1) is 22.3 Å². The van der Waals surface area contributed by atoms with Crippen molar-refractivity contribution in [1.82, 2.24) is 19.7 Å². The molecule has 0 fully saturated rings. The first-order valence-corrected chi connectivity index (χ1v) is 11.2. The third kappa shape index (κ3) is 4.53. The van der Waals surface area contributed by atoms with Gasteiger partial charge in [-0.15, -0.1) is 5.10 Å². The molecule has 32 heavy (non-hydrogen) atoms. The van der Waals surface area contributed by atoms with Crippen LogP contribution in [0.5, 0.6) is 0 Å². The van der Waals surface area contributed by atoms with Gasteiger partial charge in [0.1, 0.15) is 0 Å². The van der Waals surface area contributed by atoms with Crippen LogP contribution in [0.2, 0.25) is 5.02 Å². The largest absolute Gasteiger partial charge is 0.408 e. The van der Waals surface area contributed by atoms with Gasteiger partial charge in [0, 0.05) is 10.9 Å². The maximum atomic E-state index is 13.3. The number of thioether (sulfide) groups is 1. The fourth-order valence-corrected chi connectivity index (χ4v) is 4.04. The summed E-state index contributed by atoms with van der Waals surface area (Å²) < 4.78 is 6.94. The zero-order valence-electron chi connectivity index (χ0n) is 17.6. The lowest BCUT2D eigenvalue weighted by molar-refractivity contribution is -0.113. The van der Waals surface area contributed by atoms with Gasteiger partial charge in [0.15, 0.2) is 5.16 Å². The van der Waals surface area contributed by atoms with E-state index < -0.39 is 0 Å². The molecule has 1 N–H and O–H groups in total. The van der Waals surface area contributed by atoms with Crippen molar-refractivity contribution in [3.05, 3.63) is 69.3 Å². The summed E-state index contributed by atoms with van der Waals surface area (Å²) in [4.78, 5) is 30.5. The molecule has 0 saturated carbocycles. The van der Waals surface area contributed by atoms with Crippen LogP contribution in [0.4, 0.5) is 6.01 Å². The number of aryl methyl sites for hydroxylation is 1. The van der Waals surface area contributed by atoms with E-state index in [1.54, 1.807) is 18.2 Å². The molecule has 0 bridgehead atoms. The number of benzene rings is 2. The van der Waals surface area contributed by atoms with Gasteiger partial charge in [-0.3, -0.25) is 19.5 Å². The normalized spacial score (nSPS) is 11.3. The Balaban J connectivity index is 1.67. The molecular formula is C22H20ClN5O3S. The molecule has 0 aliphatic heterocycles. The molecule has 2 aromatic carbocycles. The molecule has 8 nitrogen and oxygen atoms in total. The van der Waals surface area contributed by atoms with E-state index in [0.29, 0.717) is 32.7 Å². The van der Waals surface area contributed by atoms with Crippen LogP contribution in [0.15, 0.2) is 56.8 Å². The number of carbonyl (C=O) groups excluding carboxylic acids is 1. The van der Waals surface area contributed by atoms with Crippen molar-refractivity contribution in [2.75, 3.05) is 11.1 Å². The quantitative estimate of drug-likeness (QED) is 0.325. The first kappa shape index (κ1) is 22.0. The first-order chi connectivity index (χ1) is 15.3. The van der Waals surface area contributed by atoms with Gasteiger partial charge in [-0.05, 0) is 36.8 Å². The summed E-state index contributed by atoms with van der Waals surface area (Å²) in [6.45, 7) is 5.74. The topological polar surface area (TPSA) is 103 Å². The van der Waals surface area contributed by atoms with E-state index in [-0.39, 0.29) is 29.2 Å². The summed E-state index contributed by atoms with van der Waals surface area (Å²) in [5.74, 6) is 0.129. The summed E-state index contributed by atoms with van der Waals surface area (Å²) in [5.41, 5.74) is 1.84. The molecule has 164 valence electrons. The number of anilines is 1. The summed E-state index contributed by atoms with van der Waals surface area (Å²) in [6, 6.07) is 12.5. The van der Waals surface area contributed by atoms with Gasteiger partial charge in [0.25, 0.3) is 5.56 Å². The number of halogens is 1. The van der Waals surface area contributed by atoms with Gasteiger partial charge < -0.3 is 4.42 Å². The lowest BCUT2D eigenvalue weighted by Crippen LogP contribution is -2.23. The van der Waals surface area contributed by atoms with Crippen LogP contribution < -0.4 is 10.9 Å². The highest BCUT2D eigenvalue weighted by Crippen LogP contribution is 2.25. The molecule has 4 rings (SSSR count). The summed E-state index contributed by atoms with van der Waals surface area (Å²) >= 11 is 7.24. The molecule has 0 unspecified atom stereocenters. The highest BCUT2D eigenvalue weighted by atomic mass is 35.5. The van der Waals surface area contributed by atoms with Crippen molar-refractivity contribution in [3.8, 4) is 5.69 Å². The Bertz CT molecular complexity index is 1370. The molecule has 4 aromatic rings. The summed E-state index contributed by atoms with van der Waals surface area (Å²) in [5, 5.41) is 11.6. The molecule has 2 heterocycles. The molecule has 0 atom stereocenters. The second-order valence-electron chi connectivity index (χ2n) is 7.42. The molecule has 0 aliphatic rings. The Morgan fingerprint density at radius 2 is 2.00 bits per heavy atom. The standard InChI is InChI=1S/C22H20ClN5O3S/c1-12(2)19-26-27-21(31-19)25-18(29)11-32-22-24-16-10-14(23)8-9-15(16)20(30)28(22)17-7-5-4-6-13(17)3/h4-10,12H,11H2,1-3H3,(H,25,27,29). The highest BCUT2D eigenvalue weighted by Gasteiger charge is 2.17. The fourth-order valence-electron chi connectivity index (χ4n) is 3.07. The minimum Gasteiger partial charge on any atom is -0.408 e. The number of para-hydroxylation sites is 1. The van der Waals surface area contributed by atoms with E-state index in [4.69, 9.17) is 16.0 Å². The first-order valence-electron chi connectivity index (χ1n) is 9.88. The number of hydrogen-bond donors (Lipinski definition) is 1. The van der Waals surface area contributed by atoms with E-state index >= 15 is 0 Å². The van der Waals surface area contributed by atoms with Gasteiger partial charge in [-0.2, -0.15) is 0 Å². The van der Waals surface area contributed by atoms with Crippen molar-refractivity contribution in [2.45, 2.75) is 31.8 Å². The van der Waals surface area contributed by atoms with Crippen LogP contribution in [-0.4, -0.2) is 31.4 Å². The molecule has 2 aromatic heterocycles. The third-order valence-electron chi connectivity index (χ3n) is 4.67. The number of nitrogens with zero attached hydrogens (tertiary/aromatic N) is 4. The molecule has 0 radical (unpaired) electrons. The highest BCUT2D eigenvalue weighted by molar-refractivity contribution is 7.99. The maximum absolute atomic E-state index is 13.3. The second kappa shape index (κ2) is 9.13. The van der Waals surface area contributed by atoms with Crippen molar-refractivity contribution >= 4 is 46.2 Å². The van der Waals surface area contributed by atoms with E-state index in [2.05, 4.69) is 20.5 Å². The predicted molar refractivity (Wildman–Crippen MR) is 125 cm³/mol. The molecule has 0 aliphatic carbocycles. The number of fused-ring (bicyclic) bond motifs is 1. The molecular weight excluding hydrogens is 450 g/mol. The lowest BCUT2D eigenvalue weighted by atomic mass is 10.2. The van der Waals surface area contributed by atoms with Gasteiger partial charge in [-0.25, -0.2) is 4.98 Å². The Labute approximate surface area is 193 Å². The zero-order valence-corrected chi connectivity index (χ0v) is 19.2.